The van der Waals surface area contributed by atoms with Crippen LogP contribution in [0, 0.1) is 11.3 Å². The van der Waals surface area contributed by atoms with E-state index in [4.69, 9.17) is 19.7 Å². The largest absolute Gasteiger partial charge is 0.387 e. The summed E-state index contributed by atoms with van der Waals surface area (Å²) in [5.41, 5.74) is 4.44. The number of nitrogens with zero attached hydrogens (tertiary/aromatic N) is 4. The number of hydrogen-bond acceptors (Lipinski definition) is 10. The van der Waals surface area contributed by atoms with E-state index in [9.17, 15) is 24.9 Å². The Labute approximate surface area is 267 Å². The first-order valence-corrected chi connectivity index (χ1v) is 18.6. The molecule has 3 heterocycles. The molecule has 0 bridgehead atoms. The Balaban J connectivity index is 1.23. The van der Waals surface area contributed by atoms with Crippen molar-refractivity contribution in [3.8, 4) is 6.07 Å². The zero-order chi connectivity index (χ0) is 32.5. The van der Waals surface area contributed by atoms with E-state index < -0.39 is 38.1 Å². The van der Waals surface area contributed by atoms with Gasteiger partial charge in [0.25, 0.3) is 0 Å². The van der Waals surface area contributed by atoms with Gasteiger partial charge in [0.15, 0.2) is 5.82 Å². The molecule has 2 aromatic rings. The number of nitrogen functional groups attached to an aromatic ring is 1. The van der Waals surface area contributed by atoms with Crippen molar-refractivity contribution in [1.29, 1.82) is 5.26 Å². The van der Waals surface area contributed by atoms with Crippen LogP contribution in [0.2, 0.25) is 0 Å². The van der Waals surface area contributed by atoms with Crippen LogP contribution in [0.15, 0.2) is 18.5 Å². The molecule has 2 unspecified atom stereocenters. The van der Waals surface area contributed by atoms with Crippen molar-refractivity contribution in [2.45, 2.75) is 134 Å². The molecular formula is C32H54N5O7P. The Morgan fingerprint density at radius 1 is 0.978 bits per heavy atom. The highest BCUT2D eigenvalue weighted by Crippen LogP contribution is 2.46. The second-order valence-corrected chi connectivity index (χ2v) is 14.2. The van der Waals surface area contributed by atoms with E-state index in [1.807, 2.05) is 6.07 Å². The van der Waals surface area contributed by atoms with Crippen molar-refractivity contribution >= 4 is 18.9 Å². The zero-order valence-electron chi connectivity index (χ0n) is 26.9. The fourth-order valence-corrected chi connectivity index (χ4v) is 6.95. The van der Waals surface area contributed by atoms with Gasteiger partial charge in [0.05, 0.1) is 12.3 Å². The zero-order valence-corrected chi connectivity index (χ0v) is 27.8. The van der Waals surface area contributed by atoms with Crippen molar-refractivity contribution in [3.63, 3.8) is 0 Å². The molecular weight excluding hydrogens is 597 g/mol. The van der Waals surface area contributed by atoms with Gasteiger partial charge in [0, 0.05) is 19.4 Å². The van der Waals surface area contributed by atoms with E-state index in [2.05, 4.69) is 17.0 Å². The molecule has 0 saturated carbocycles. The second kappa shape index (κ2) is 19.5. The molecule has 1 fully saturated rings. The molecule has 5 atom stereocenters. The molecule has 2 aromatic heterocycles. The summed E-state index contributed by atoms with van der Waals surface area (Å²) in [5.74, 6) is 0.170. The molecule has 45 heavy (non-hydrogen) atoms. The number of aliphatic hydroxyl groups is 2. The SMILES string of the molecule is CCCCCCCCCCOCCCCCCCCCCP(=O)(O)OC[C@H]1O[C@@](C#N)(c2ccc3c(N)ncnn23)C(O)[C@H]1O. The summed E-state index contributed by atoms with van der Waals surface area (Å²) in [6, 6.07) is 5.02. The number of unbranched alkanes of at least 4 members (excludes halogenated alkanes) is 14. The average molecular weight is 652 g/mol. The molecule has 0 spiro atoms. The van der Waals surface area contributed by atoms with Crippen LogP contribution in [-0.2, 0) is 24.2 Å². The minimum atomic E-state index is -3.95. The maximum atomic E-state index is 12.6. The normalized spacial score (nSPS) is 23.0. The van der Waals surface area contributed by atoms with Gasteiger partial charge in [0.2, 0.25) is 5.60 Å². The topological polar surface area (TPSA) is 185 Å². The van der Waals surface area contributed by atoms with Crippen molar-refractivity contribution in [1.82, 2.24) is 14.6 Å². The smallest absolute Gasteiger partial charge is 0.328 e. The number of anilines is 1. The number of fused-ring (bicyclic) bond motifs is 1. The minimum absolute atomic E-state index is 0.0164. The van der Waals surface area contributed by atoms with Crippen molar-refractivity contribution < 1.29 is 33.7 Å². The Hall–Kier alpha value is -2.10. The van der Waals surface area contributed by atoms with Crippen LogP contribution in [0.25, 0.3) is 5.52 Å². The number of aliphatic hydroxyl groups excluding tert-OH is 2. The fourth-order valence-electron chi connectivity index (χ4n) is 5.82. The molecule has 0 aromatic carbocycles. The monoisotopic (exact) mass is 651 g/mol. The van der Waals surface area contributed by atoms with Gasteiger partial charge in [-0.15, -0.1) is 0 Å². The first-order valence-electron chi connectivity index (χ1n) is 16.8. The lowest BCUT2D eigenvalue weighted by atomic mass is 9.92. The number of ether oxygens (including phenoxy) is 2. The number of rotatable bonds is 24. The van der Waals surface area contributed by atoms with E-state index in [1.165, 1.54) is 74.7 Å². The summed E-state index contributed by atoms with van der Waals surface area (Å²) in [4.78, 5) is 14.2. The third-order valence-corrected chi connectivity index (χ3v) is 9.98. The minimum Gasteiger partial charge on any atom is -0.387 e. The highest BCUT2D eigenvalue weighted by Gasteiger charge is 2.57. The first kappa shape index (κ1) is 37.4. The van der Waals surface area contributed by atoms with Crippen LogP contribution < -0.4 is 5.73 Å². The molecule has 0 radical (unpaired) electrons. The van der Waals surface area contributed by atoms with Gasteiger partial charge in [-0.1, -0.05) is 90.4 Å². The summed E-state index contributed by atoms with van der Waals surface area (Å²) in [5, 5.41) is 35.5. The predicted molar refractivity (Wildman–Crippen MR) is 173 cm³/mol. The molecule has 1 aliphatic heterocycles. The lowest BCUT2D eigenvalue weighted by Gasteiger charge is -2.24. The molecule has 1 saturated heterocycles. The average Bonchev–Trinajstić information content (AvgIpc) is 3.57. The van der Waals surface area contributed by atoms with Crippen LogP contribution in [0.1, 0.15) is 115 Å². The van der Waals surface area contributed by atoms with Crippen molar-refractivity contribution in [2.24, 2.45) is 0 Å². The fraction of sp³-hybridized carbons (Fsp3) is 0.781. The standard InChI is InChI=1S/C32H54N5O7P/c1-2-3-4-5-6-9-12-15-20-42-21-16-13-10-7-8-11-14-17-22-45(40,41)43-23-27-29(38)30(39)32(24-33,44-27)28-19-18-26-31(34)35-25-36-37(26)28/h18-19,25,27,29-30,38-39H,2-17,20-23H2,1H3,(H,40,41)(H2,34,35,36)/t27-,29+,30?,32+/m1/s1. The van der Waals surface area contributed by atoms with E-state index >= 15 is 0 Å². The third kappa shape index (κ3) is 11.3. The Kier molecular flexibility index (Phi) is 16.2. The second-order valence-electron chi connectivity index (χ2n) is 12.2. The number of nitrogens with two attached hydrogens (primary N) is 1. The number of aromatic nitrogens is 3. The van der Waals surface area contributed by atoms with Gasteiger partial charge in [-0.2, -0.15) is 10.4 Å². The summed E-state index contributed by atoms with van der Waals surface area (Å²) in [6.07, 6.45) is 15.3. The van der Waals surface area contributed by atoms with Gasteiger partial charge in [-0.3, -0.25) is 4.57 Å². The third-order valence-electron chi connectivity index (χ3n) is 8.55. The summed E-state index contributed by atoms with van der Waals surface area (Å²) >= 11 is 0. The van der Waals surface area contributed by atoms with Crippen LogP contribution >= 0.6 is 7.60 Å². The molecule has 0 amide bonds. The highest BCUT2D eigenvalue weighted by atomic mass is 31.2. The highest BCUT2D eigenvalue weighted by molar-refractivity contribution is 7.52. The molecule has 0 aliphatic carbocycles. The summed E-state index contributed by atoms with van der Waals surface area (Å²) in [7, 11) is -3.95. The lowest BCUT2D eigenvalue weighted by molar-refractivity contribution is -0.0619. The molecule has 1 aliphatic rings. The molecule has 254 valence electrons. The van der Waals surface area contributed by atoms with Crippen LogP contribution in [0.5, 0.6) is 0 Å². The van der Waals surface area contributed by atoms with Gasteiger partial charge in [0.1, 0.15) is 36.2 Å². The van der Waals surface area contributed by atoms with E-state index in [1.54, 1.807) is 6.07 Å². The predicted octanol–water partition coefficient (Wildman–Crippen LogP) is 5.63. The molecule has 5 N–H and O–H groups in total. The first-order chi connectivity index (χ1) is 21.8. The maximum absolute atomic E-state index is 12.6. The Morgan fingerprint density at radius 3 is 2.16 bits per heavy atom. The summed E-state index contributed by atoms with van der Waals surface area (Å²) < 4.78 is 30.8. The van der Waals surface area contributed by atoms with Crippen LogP contribution in [-0.4, -0.2) is 74.0 Å². The van der Waals surface area contributed by atoms with Crippen molar-refractivity contribution in [2.75, 3.05) is 31.7 Å². The van der Waals surface area contributed by atoms with Gasteiger partial charge in [-0.25, -0.2) is 9.50 Å². The van der Waals surface area contributed by atoms with Gasteiger partial charge < -0.3 is 34.8 Å². The van der Waals surface area contributed by atoms with E-state index in [0.29, 0.717) is 11.9 Å². The number of hydrogen-bond donors (Lipinski definition) is 4. The van der Waals surface area contributed by atoms with E-state index in [-0.39, 0.29) is 17.7 Å². The van der Waals surface area contributed by atoms with Crippen LogP contribution in [0.3, 0.4) is 0 Å². The molecule has 13 heteroatoms. The quantitative estimate of drug-likeness (QED) is 0.0814. The van der Waals surface area contributed by atoms with Gasteiger partial charge in [-0.05, 0) is 31.4 Å². The lowest BCUT2D eigenvalue weighted by Crippen LogP contribution is -2.41. The molecule has 12 nitrogen and oxygen atoms in total. The Morgan fingerprint density at radius 2 is 1.56 bits per heavy atom. The Bertz CT molecular complexity index is 1220. The van der Waals surface area contributed by atoms with E-state index in [0.717, 1.165) is 51.7 Å². The molecule has 3 rings (SSSR count). The van der Waals surface area contributed by atoms with Crippen LogP contribution in [0.4, 0.5) is 5.82 Å². The van der Waals surface area contributed by atoms with Gasteiger partial charge >= 0.3 is 7.60 Å². The maximum Gasteiger partial charge on any atom is 0.328 e. The number of nitriles is 1. The summed E-state index contributed by atoms with van der Waals surface area (Å²) in [6.45, 7) is 3.51. The van der Waals surface area contributed by atoms with Crippen molar-refractivity contribution in [3.05, 3.63) is 24.2 Å².